The van der Waals surface area contributed by atoms with Gasteiger partial charge in [-0.2, -0.15) is 0 Å². The van der Waals surface area contributed by atoms with Crippen molar-refractivity contribution in [3.05, 3.63) is 95.5 Å². The Morgan fingerprint density at radius 2 is 1.29 bits per heavy atom. The average molecular weight is 964 g/mol. The fourth-order valence-electron chi connectivity index (χ4n) is 8.30. The summed E-state index contributed by atoms with van der Waals surface area (Å²) in [6.07, 6.45) is 3.79. The third-order valence-corrected chi connectivity index (χ3v) is 12.5. The number of cyclic esters (lactones) is 1. The van der Waals surface area contributed by atoms with Crippen molar-refractivity contribution in [2.45, 2.75) is 177 Å². The zero-order valence-electron chi connectivity index (χ0n) is 39.3. The molecular formula is C48H73N3O17. The number of methoxy groups -OCH3 is 1. The number of nitrogens with zero attached hydrogens (tertiary/aromatic N) is 3. The van der Waals surface area contributed by atoms with Crippen molar-refractivity contribution in [1.82, 2.24) is 0 Å². The van der Waals surface area contributed by atoms with Gasteiger partial charge in [0.2, 0.25) is 0 Å². The number of carbonyl (C=O) groups excluding carboxylic acids is 1. The highest BCUT2D eigenvalue weighted by molar-refractivity contribution is 5.71. The average Bonchev–Trinajstić information content (AvgIpc) is 3.27. The Bertz CT molecular complexity index is 1820. The number of esters is 1. The summed E-state index contributed by atoms with van der Waals surface area (Å²) in [5.74, 6) is -6.26. The fourth-order valence-corrected chi connectivity index (χ4v) is 8.30. The summed E-state index contributed by atoms with van der Waals surface area (Å²) >= 11 is 0. The molecule has 3 aliphatic rings. The maximum absolute atomic E-state index is 12.7. The van der Waals surface area contributed by atoms with Crippen LogP contribution in [0.2, 0.25) is 0 Å². The zero-order valence-corrected chi connectivity index (χ0v) is 39.3. The number of allylic oxidation sites excluding steroid dienone is 12. The molecule has 0 aromatic rings. The van der Waals surface area contributed by atoms with Crippen LogP contribution in [0.15, 0.2) is 90.2 Å². The molecule has 68 heavy (non-hydrogen) atoms. The molecule has 2 saturated heterocycles. The molecule has 3 heterocycles. The van der Waals surface area contributed by atoms with E-state index in [1.807, 2.05) is 13.0 Å². The standard InChI is InChI=1S/C48H73N3O17/c1-28-18-16-14-12-10-8-6-7-9-11-13-15-17-19-35(67-47-45(61)42(50-51-49)44(60)31(4)66-47)25-39-41(46(62)63)38(57)27-48(64-5,68-39)26-34(54)23-37(56)36(55)21-20-32(52)22-33(53)24-40(58)65-30(3)29(2)43(28)59/h6-19,28-39,41-45,47,52-57,59-61H,20-27H2,1-5H3,(H,62,63)/b7-6+,10-8+,11-9+,14-12+,15-13+,18-16+,19-17+/t28-,29-,30-,31+,32?,33?,34-,35?,36+,37+,38-,39-,41+,42-,43+,44+,45+,47-,48+/m0/s1. The molecule has 0 amide bonds. The smallest absolute Gasteiger partial charge is 0.311 e. The summed E-state index contributed by atoms with van der Waals surface area (Å²) in [7, 11) is 1.23. The van der Waals surface area contributed by atoms with Gasteiger partial charge < -0.3 is 74.7 Å². The van der Waals surface area contributed by atoms with Gasteiger partial charge in [0, 0.05) is 49.5 Å². The van der Waals surface area contributed by atoms with E-state index in [1.54, 1.807) is 86.8 Å². The van der Waals surface area contributed by atoms with Gasteiger partial charge in [-0.05, 0) is 38.6 Å². The van der Waals surface area contributed by atoms with Crippen molar-refractivity contribution >= 4 is 11.9 Å². The van der Waals surface area contributed by atoms with E-state index in [-0.39, 0.29) is 31.6 Å². The highest BCUT2D eigenvalue weighted by Crippen LogP contribution is 2.40. The van der Waals surface area contributed by atoms with E-state index < -0.39 is 147 Å². The van der Waals surface area contributed by atoms with Crippen molar-refractivity contribution in [2.75, 3.05) is 7.11 Å². The van der Waals surface area contributed by atoms with Crippen LogP contribution in [0, 0.1) is 17.8 Å². The van der Waals surface area contributed by atoms with Crippen LogP contribution >= 0.6 is 0 Å². The topological polar surface area (TPSA) is 331 Å². The monoisotopic (exact) mass is 963 g/mol. The number of hydrogen-bond donors (Lipinski definition) is 10. The van der Waals surface area contributed by atoms with Gasteiger partial charge in [0.25, 0.3) is 0 Å². The summed E-state index contributed by atoms with van der Waals surface area (Å²) in [4.78, 5) is 28.0. The molecule has 20 nitrogen and oxygen atoms in total. The predicted molar refractivity (Wildman–Crippen MR) is 247 cm³/mol. The van der Waals surface area contributed by atoms with Crippen molar-refractivity contribution < 1.29 is 84.3 Å². The molecule has 2 bridgehead atoms. The number of fused-ring (bicyclic) bond motifs is 2. The highest BCUT2D eigenvalue weighted by Gasteiger charge is 2.52. The quantitative estimate of drug-likeness (QED) is 0.0819. The molecule has 3 rings (SSSR count). The van der Waals surface area contributed by atoms with Gasteiger partial charge in [-0.1, -0.05) is 104 Å². The lowest BCUT2D eigenvalue weighted by Gasteiger charge is -2.47. The Balaban J connectivity index is 1.92. The van der Waals surface area contributed by atoms with Crippen LogP contribution in [-0.2, 0) is 33.3 Å². The van der Waals surface area contributed by atoms with Crippen molar-refractivity contribution in [3.8, 4) is 0 Å². The van der Waals surface area contributed by atoms with Crippen molar-refractivity contribution in [3.63, 3.8) is 0 Å². The van der Waals surface area contributed by atoms with E-state index in [0.717, 1.165) is 0 Å². The molecule has 3 unspecified atom stereocenters. The summed E-state index contributed by atoms with van der Waals surface area (Å²) < 4.78 is 29.3. The lowest BCUT2D eigenvalue weighted by Crippen LogP contribution is -2.58. The first-order valence-electron chi connectivity index (χ1n) is 23.0. The van der Waals surface area contributed by atoms with Crippen LogP contribution in [0.5, 0.6) is 0 Å². The first-order chi connectivity index (χ1) is 32.2. The molecule has 2 fully saturated rings. The number of rotatable bonds is 5. The Hall–Kier alpha value is -4.09. The number of carboxylic acid groups (broad SMARTS) is 1. The second kappa shape index (κ2) is 29.2. The van der Waals surface area contributed by atoms with Gasteiger partial charge in [0.15, 0.2) is 12.1 Å². The van der Waals surface area contributed by atoms with Crippen LogP contribution in [0.25, 0.3) is 10.4 Å². The largest absolute Gasteiger partial charge is 0.481 e. The summed E-state index contributed by atoms with van der Waals surface area (Å²) in [6, 6.07) is -1.36. The molecule has 10 N–H and O–H groups in total. The first kappa shape index (κ1) is 58.2. The second-order valence-electron chi connectivity index (χ2n) is 17.9. The molecule has 3 aliphatic heterocycles. The molecule has 0 spiro atoms. The Morgan fingerprint density at radius 3 is 1.87 bits per heavy atom. The number of azide groups is 1. The maximum atomic E-state index is 12.7. The number of aliphatic carboxylic acids is 1. The summed E-state index contributed by atoms with van der Waals surface area (Å²) in [6.45, 7) is 6.70. The number of aliphatic hydroxyl groups is 9. The van der Waals surface area contributed by atoms with E-state index in [1.165, 1.54) is 20.1 Å². The second-order valence-corrected chi connectivity index (χ2v) is 17.9. The van der Waals surface area contributed by atoms with Crippen molar-refractivity contribution in [2.24, 2.45) is 22.9 Å². The maximum Gasteiger partial charge on any atom is 0.311 e. The van der Waals surface area contributed by atoms with Gasteiger partial charge in [-0.25, -0.2) is 0 Å². The number of carbonyl (C=O) groups is 2. The summed E-state index contributed by atoms with van der Waals surface area (Å²) in [5, 5.41) is 112. The van der Waals surface area contributed by atoms with E-state index in [0.29, 0.717) is 0 Å². The van der Waals surface area contributed by atoms with Crippen LogP contribution in [0.1, 0.15) is 79.1 Å². The SMILES string of the molecule is CO[C@]12C[C@@H](O)C[C@@H](O)[C@H](O)CCC(O)CC(O)CC(=O)O[C@@H](C)[C@H](C)[C@H](O)[C@@H](C)/C=C/C=C/C=C/C=C/C=C/C=C/C=C/C(O[C@@H]3O[C@H](C)[C@@H](O)[C@H](N=[N+]=[N-])[C@H]3O)C[C@H](O1)[C@H](C(=O)O)[C@@H](O)C2. The number of aliphatic hydroxyl groups excluding tert-OH is 9. The Kier molecular flexibility index (Phi) is 25.0. The minimum absolute atomic E-state index is 0.0949. The minimum Gasteiger partial charge on any atom is -0.481 e. The Morgan fingerprint density at radius 1 is 0.706 bits per heavy atom. The molecule has 0 saturated carbocycles. The molecule has 382 valence electrons. The third kappa shape index (κ3) is 18.7. The number of carboxylic acids is 1. The molecule has 0 aromatic carbocycles. The zero-order chi connectivity index (χ0) is 50.6. The van der Waals surface area contributed by atoms with E-state index in [9.17, 15) is 60.7 Å². The van der Waals surface area contributed by atoms with Gasteiger partial charge in [-0.15, -0.1) is 0 Å². The normalized spacial score (nSPS) is 43.8. The summed E-state index contributed by atoms with van der Waals surface area (Å²) in [5.41, 5.74) is 9.10. The molecule has 0 radical (unpaired) electrons. The molecule has 19 atom stereocenters. The third-order valence-electron chi connectivity index (χ3n) is 12.5. The molecule has 0 aliphatic carbocycles. The van der Waals surface area contributed by atoms with E-state index in [4.69, 9.17) is 29.2 Å². The van der Waals surface area contributed by atoms with Crippen LogP contribution in [0.4, 0.5) is 0 Å². The van der Waals surface area contributed by atoms with Gasteiger partial charge >= 0.3 is 11.9 Å². The van der Waals surface area contributed by atoms with Crippen LogP contribution in [0.3, 0.4) is 0 Å². The van der Waals surface area contributed by atoms with Gasteiger partial charge in [0.05, 0.1) is 79.6 Å². The Labute approximate surface area is 397 Å². The number of ether oxygens (including phenoxy) is 5. The van der Waals surface area contributed by atoms with Crippen LogP contribution < -0.4 is 0 Å². The van der Waals surface area contributed by atoms with Crippen LogP contribution in [-0.4, -0.2) is 168 Å². The van der Waals surface area contributed by atoms with E-state index >= 15 is 0 Å². The first-order valence-corrected chi connectivity index (χ1v) is 23.0. The molecule has 0 aromatic heterocycles. The fraction of sp³-hybridized carbons (Fsp3) is 0.667. The highest BCUT2D eigenvalue weighted by atomic mass is 16.7. The van der Waals surface area contributed by atoms with Gasteiger partial charge in [0.1, 0.15) is 18.1 Å². The molecule has 20 heteroatoms. The van der Waals surface area contributed by atoms with Gasteiger partial charge in [-0.3, -0.25) is 9.59 Å². The molecular weight excluding hydrogens is 891 g/mol. The predicted octanol–water partition coefficient (Wildman–Crippen LogP) is 2.72. The minimum atomic E-state index is -1.82. The van der Waals surface area contributed by atoms with E-state index in [2.05, 4.69) is 10.0 Å². The number of hydrogen-bond acceptors (Lipinski definition) is 17. The lowest BCUT2D eigenvalue weighted by atomic mass is 9.82. The lowest BCUT2D eigenvalue weighted by molar-refractivity contribution is -0.317. The van der Waals surface area contributed by atoms with Crippen molar-refractivity contribution in [1.29, 1.82) is 0 Å².